The van der Waals surface area contributed by atoms with Crippen LogP contribution in [0.3, 0.4) is 0 Å². The smallest absolute Gasteiger partial charge is 0.337 e. The van der Waals surface area contributed by atoms with Crippen LogP contribution in [0.5, 0.6) is 0 Å². The minimum absolute atomic E-state index is 0.0891. The molecule has 0 saturated carbocycles. The SMILES string of the molecule is O=C(O)c1cnc(C(F)F)c(I)c1. The fourth-order valence-electron chi connectivity index (χ4n) is 0.726. The van der Waals surface area contributed by atoms with E-state index in [4.69, 9.17) is 5.11 Å². The zero-order valence-corrected chi connectivity index (χ0v) is 8.33. The van der Waals surface area contributed by atoms with Gasteiger partial charge in [-0.3, -0.25) is 4.98 Å². The van der Waals surface area contributed by atoms with E-state index in [0.717, 1.165) is 12.3 Å². The number of pyridine rings is 1. The third-order valence-corrected chi connectivity index (χ3v) is 2.19. The van der Waals surface area contributed by atoms with E-state index in [2.05, 4.69) is 4.98 Å². The maximum absolute atomic E-state index is 12.1. The van der Waals surface area contributed by atoms with Crippen LogP contribution in [0.15, 0.2) is 12.3 Å². The van der Waals surface area contributed by atoms with E-state index in [1.165, 1.54) is 0 Å². The highest BCUT2D eigenvalue weighted by Gasteiger charge is 2.15. The summed E-state index contributed by atoms with van der Waals surface area (Å²) in [5.41, 5.74) is -0.473. The number of halogens is 3. The van der Waals surface area contributed by atoms with E-state index >= 15 is 0 Å². The summed E-state index contributed by atoms with van der Waals surface area (Å²) in [6, 6.07) is 1.16. The van der Waals surface area contributed by atoms with Gasteiger partial charge < -0.3 is 5.11 Å². The molecule has 1 rings (SSSR count). The van der Waals surface area contributed by atoms with Gasteiger partial charge >= 0.3 is 5.97 Å². The van der Waals surface area contributed by atoms with Gasteiger partial charge in [-0.1, -0.05) is 0 Å². The number of carbonyl (C=O) groups is 1. The van der Waals surface area contributed by atoms with Gasteiger partial charge in [0, 0.05) is 9.77 Å². The van der Waals surface area contributed by atoms with Crippen LogP contribution < -0.4 is 0 Å². The zero-order chi connectivity index (χ0) is 10.0. The van der Waals surface area contributed by atoms with Gasteiger partial charge in [0.2, 0.25) is 0 Å². The first-order valence-electron chi connectivity index (χ1n) is 3.19. The molecule has 0 radical (unpaired) electrons. The lowest BCUT2D eigenvalue weighted by Gasteiger charge is -2.02. The minimum Gasteiger partial charge on any atom is -0.478 e. The molecule has 0 aromatic carbocycles. The molecule has 1 N–H and O–H groups in total. The van der Waals surface area contributed by atoms with Gasteiger partial charge in [-0.2, -0.15) is 0 Å². The summed E-state index contributed by atoms with van der Waals surface area (Å²) in [5.74, 6) is -1.17. The molecule has 0 saturated heterocycles. The van der Waals surface area contributed by atoms with Crippen molar-refractivity contribution in [3.63, 3.8) is 0 Å². The van der Waals surface area contributed by atoms with Crippen molar-refractivity contribution in [3.05, 3.63) is 27.1 Å². The molecule has 0 unspecified atom stereocenters. The second kappa shape index (κ2) is 3.95. The fraction of sp³-hybridized carbons (Fsp3) is 0.143. The van der Waals surface area contributed by atoms with E-state index in [1.54, 1.807) is 22.6 Å². The predicted molar refractivity (Wildman–Crippen MR) is 48.9 cm³/mol. The summed E-state index contributed by atoms with van der Waals surface area (Å²) in [6.07, 6.45) is -1.75. The number of nitrogens with zero attached hydrogens (tertiary/aromatic N) is 1. The van der Waals surface area contributed by atoms with Gasteiger partial charge in [0.05, 0.1) is 5.56 Å². The predicted octanol–water partition coefficient (Wildman–Crippen LogP) is 2.32. The monoisotopic (exact) mass is 299 g/mol. The van der Waals surface area contributed by atoms with Crippen LogP contribution in [-0.2, 0) is 0 Å². The molecule has 0 aliphatic rings. The van der Waals surface area contributed by atoms with Gasteiger partial charge in [-0.25, -0.2) is 13.6 Å². The molecule has 6 heteroatoms. The van der Waals surface area contributed by atoms with Gasteiger partial charge in [0.15, 0.2) is 0 Å². The third-order valence-electron chi connectivity index (χ3n) is 1.32. The molecule has 13 heavy (non-hydrogen) atoms. The van der Waals surface area contributed by atoms with E-state index in [1.807, 2.05) is 0 Å². The zero-order valence-electron chi connectivity index (χ0n) is 6.17. The fourth-order valence-corrected chi connectivity index (χ4v) is 1.44. The summed E-state index contributed by atoms with van der Waals surface area (Å²) < 4.78 is 24.5. The van der Waals surface area contributed by atoms with Crippen molar-refractivity contribution in [2.75, 3.05) is 0 Å². The highest BCUT2D eigenvalue weighted by atomic mass is 127. The Hall–Kier alpha value is -0.790. The normalized spacial score (nSPS) is 10.5. The number of aromatic carboxylic acids is 1. The maximum Gasteiger partial charge on any atom is 0.337 e. The lowest BCUT2D eigenvalue weighted by atomic mass is 10.2. The Kier molecular flexibility index (Phi) is 3.12. The van der Waals surface area contributed by atoms with Crippen molar-refractivity contribution in [1.82, 2.24) is 4.98 Å². The molecule has 0 spiro atoms. The van der Waals surface area contributed by atoms with Crippen LogP contribution in [0.1, 0.15) is 22.5 Å². The number of hydrogen-bond acceptors (Lipinski definition) is 2. The summed E-state index contributed by atoms with van der Waals surface area (Å²) in [6.45, 7) is 0. The highest BCUT2D eigenvalue weighted by molar-refractivity contribution is 14.1. The quantitative estimate of drug-likeness (QED) is 0.853. The first kappa shape index (κ1) is 10.3. The lowest BCUT2D eigenvalue weighted by molar-refractivity contribution is 0.0695. The number of rotatable bonds is 2. The highest BCUT2D eigenvalue weighted by Crippen LogP contribution is 2.22. The molecule has 70 valence electrons. The molecule has 0 atom stereocenters. The Morgan fingerprint density at radius 3 is 2.62 bits per heavy atom. The van der Waals surface area contributed by atoms with Crippen molar-refractivity contribution in [2.24, 2.45) is 0 Å². The maximum atomic E-state index is 12.1. The molecule has 1 aromatic heterocycles. The molecule has 3 nitrogen and oxygen atoms in total. The van der Waals surface area contributed by atoms with Crippen molar-refractivity contribution < 1.29 is 18.7 Å². The number of hydrogen-bond donors (Lipinski definition) is 1. The third kappa shape index (κ3) is 2.33. The van der Waals surface area contributed by atoms with Crippen LogP contribution >= 0.6 is 22.6 Å². The number of aromatic nitrogens is 1. The first-order chi connectivity index (χ1) is 6.02. The van der Waals surface area contributed by atoms with Crippen LogP contribution in [0, 0.1) is 3.57 Å². The minimum atomic E-state index is -2.67. The Labute approximate surface area is 85.9 Å². The van der Waals surface area contributed by atoms with Crippen molar-refractivity contribution in [2.45, 2.75) is 6.43 Å². The molecule has 0 aliphatic carbocycles. The number of alkyl halides is 2. The van der Waals surface area contributed by atoms with Gasteiger partial charge in [-0.15, -0.1) is 0 Å². The Bertz CT molecular complexity index is 343. The molecule has 0 aliphatic heterocycles. The lowest BCUT2D eigenvalue weighted by Crippen LogP contribution is -2.01. The van der Waals surface area contributed by atoms with Gasteiger partial charge in [0.1, 0.15) is 5.69 Å². The first-order valence-corrected chi connectivity index (χ1v) is 4.27. The summed E-state index contributed by atoms with van der Waals surface area (Å²) in [7, 11) is 0. The van der Waals surface area contributed by atoms with Crippen molar-refractivity contribution >= 4 is 28.6 Å². The van der Waals surface area contributed by atoms with E-state index in [-0.39, 0.29) is 14.8 Å². The van der Waals surface area contributed by atoms with Gasteiger partial charge in [0.25, 0.3) is 6.43 Å². The molecule has 1 heterocycles. The molecule has 0 bridgehead atoms. The Morgan fingerprint density at radius 1 is 1.62 bits per heavy atom. The van der Waals surface area contributed by atoms with Crippen molar-refractivity contribution in [1.29, 1.82) is 0 Å². The second-order valence-electron chi connectivity index (χ2n) is 2.20. The molecule has 0 amide bonds. The van der Waals surface area contributed by atoms with Crippen LogP contribution in [-0.4, -0.2) is 16.1 Å². The average Bonchev–Trinajstić information content (AvgIpc) is 2.03. The Morgan fingerprint density at radius 2 is 2.23 bits per heavy atom. The summed E-state index contributed by atoms with van der Waals surface area (Å²) >= 11 is 1.63. The molecular formula is C7H4F2INO2. The van der Waals surface area contributed by atoms with E-state index < -0.39 is 12.4 Å². The topological polar surface area (TPSA) is 50.2 Å². The standard InChI is InChI=1S/C7H4F2INO2/c8-6(9)5-4(10)1-3(2-11-5)7(12)13/h1-2,6H,(H,12,13). The van der Waals surface area contributed by atoms with Crippen LogP contribution in [0.4, 0.5) is 8.78 Å². The molecule has 1 aromatic rings. The van der Waals surface area contributed by atoms with E-state index in [0.29, 0.717) is 0 Å². The average molecular weight is 299 g/mol. The Balaban J connectivity index is 3.13. The van der Waals surface area contributed by atoms with Crippen LogP contribution in [0.2, 0.25) is 0 Å². The van der Waals surface area contributed by atoms with Gasteiger partial charge in [-0.05, 0) is 28.7 Å². The molecular weight excluding hydrogens is 295 g/mol. The van der Waals surface area contributed by atoms with Crippen molar-refractivity contribution in [3.8, 4) is 0 Å². The second-order valence-corrected chi connectivity index (χ2v) is 3.36. The van der Waals surface area contributed by atoms with E-state index in [9.17, 15) is 13.6 Å². The number of carboxylic acids is 1. The largest absolute Gasteiger partial charge is 0.478 e. The molecule has 0 fully saturated rings. The summed E-state index contributed by atoms with van der Waals surface area (Å²) in [5, 5.41) is 8.51. The summed E-state index contributed by atoms with van der Waals surface area (Å²) in [4.78, 5) is 13.8. The van der Waals surface area contributed by atoms with Crippen LogP contribution in [0.25, 0.3) is 0 Å². The number of carboxylic acid groups (broad SMARTS) is 1.